The lowest BCUT2D eigenvalue weighted by molar-refractivity contribution is 0.0699. The second kappa shape index (κ2) is 2.88. The molecule has 4 heteroatoms. The maximum atomic E-state index is 9.58. The Balaban J connectivity index is 3.13. The number of nitrogens with zero attached hydrogens (tertiary/aromatic N) is 1. The minimum Gasteiger partial charge on any atom is -0.443 e. The molecule has 1 heterocycles. The molecule has 2 N–H and O–H groups in total. The predicted molar refractivity (Wildman–Crippen MR) is 42.4 cm³/mol. The maximum absolute atomic E-state index is 9.58. The highest BCUT2D eigenvalue weighted by atomic mass is 16.4. The Morgan fingerprint density at radius 3 is 2.42 bits per heavy atom. The van der Waals surface area contributed by atoms with Crippen molar-refractivity contribution in [3.63, 3.8) is 0 Å². The van der Waals surface area contributed by atoms with Gasteiger partial charge in [0.2, 0.25) is 0 Å². The van der Waals surface area contributed by atoms with E-state index in [1.54, 1.807) is 20.8 Å². The van der Waals surface area contributed by atoms with E-state index in [2.05, 4.69) is 4.98 Å². The lowest BCUT2D eigenvalue weighted by atomic mass is 10.0. The number of hydrogen-bond acceptors (Lipinski definition) is 4. The van der Waals surface area contributed by atoms with Gasteiger partial charge >= 0.3 is 0 Å². The van der Waals surface area contributed by atoms with Crippen molar-refractivity contribution < 1.29 is 14.6 Å². The Morgan fingerprint density at radius 1 is 1.50 bits per heavy atom. The summed E-state index contributed by atoms with van der Waals surface area (Å²) in [6, 6.07) is 0. The Bertz CT molecular complexity index is 272. The third-order valence-electron chi connectivity index (χ3n) is 1.53. The molecule has 0 aliphatic carbocycles. The van der Waals surface area contributed by atoms with Crippen molar-refractivity contribution in [3.8, 4) is 0 Å². The van der Waals surface area contributed by atoms with Gasteiger partial charge in [-0.2, -0.15) is 0 Å². The molecule has 0 bridgehead atoms. The zero-order valence-corrected chi connectivity index (χ0v) is 7.46. The molecule has 0 aliphatic rings. The van der Waals surface area contributed by atoms with E-state index in [0.717, 1.165) is 0 Å². The lowest BCUT2D eigenvalue weighted by Gasteiger charge is -2.14. The van der Waals surface area contributed by atoms with Crippen LogP contribution in [0.25, 0.3) is 0 Å². The number of aryl methyl sites for hydroxylation is 1. The average molecular weight is 171 g/mol. The Labute approximate surface area is 70.9 Å². The highest BCUT2D eigenvalue weighted by Gasteiger charge is 2.25. The summed E-state index contributed by atoms with van der Waals surface area (Å²) in [4.78, 5) is 3.98. The number of aliphatic hydroxyl groups excluding tert-OH is 1. The van der Waals surface area contributed by atoms with Gasteiger partial charge in [-0.25, -0.2) is 4.98 Å². The van der Waals surface area contributed by atoms with E-state index in [1.165, 1.54) is 0 Å². The molecule has 0 aromatic carbocycles. The van der Waals surface area contributed by atoms with Crippen LogP contribution in [0.5, 0.6) is 0 Å². The van der Waals surface area contributed by atoms with Gasteiger partial charge in [0.15, 0.2) is 11.7 Å². The topological polar surface area (TPSA) is 66.5 Å². The van der Waals surface area contributed by atoms with E-state index in [4.69, 9.17) is 9.52 Å². The molecule has 1 aromatic rings. The minimum absolute atomic E-state index is 0.236. The predicted octanol–water partition coefficient (Wildman–Crippen LogP) is 0.703. The van der Waals surface area contributed by atoms with Gasteiger partial charge in [0.05, 0.1) is 0 Å². The highest BCUT2D eigenvalue weighted by molar-refractivity contribution is 5.15. The fraction of sp³-hybridized carbons (Fsp3) is 0.625. The molecule has 0 unspecified atom stereocenters. The van der Waals surface area contributed by atoms with Gasteiger partial charge in [-0.3, -0.25) is 0 Å². The largest absolute Gasteiger partial charge is 0.443 e. The molecule has 0 atom stereocenters. The van der Waals surface area contributed by atoms with Gasteiger partial charge < -0.3 is 14.6 Å². The van der Waals surface area contributed by atoms with Gasteiger partial charge in [-0.1, -0.05) is 0 Å². The Hall–Kier alpha value is -0.870. The first-order chi connectivity index (χ1) is 5.45. The van der Waals surface area contributed by atoms with Crippen molar-refractivity contribution in [1.29, 1.82) is 0 Å². The Morgan fingerprint density at radius 2 is 2.08 bits per heavy atom. The number of rotatable bonds is 2. The molecular weight excluding hydrogens is 158 g/mol. The van der Waals surface area contributed by atoms with Crippen LogP contribution >= 0.6 is 0 Å². The van der Waals surface area contributed by atoms with E-state index in [9.17, 15) is 5.11 Å². The van der Waals surface area contributed by atoms with Crippen LogP contribution in [0.4, 0.5) is 0 Å². The number of aromatic nitrogens is 1. The molecule has 68 valence electrons. The molecule has 4 nitrogen and oxygen atoms in total. The molecule has 0 saturated heterocycles. The first-order valence-electron chi connectivity index (χ1n) is 3.75. The lowest BCUT2D eigenvalue weighted by Crippen LogP contribution is -2.18. The van der Waals surface area contributed by atoms with Crippen LogP contribution in [0.2, 0.25) is 0 Å². The normalized spacial score (nSPS) is 12.1. The summed E-state index contributed by atoms with van der Waals surface area (Å²) in [5, 5.41) is 18.4. The molecule has 12 heavy (non-hydrogen) atoms. The number of hydrogen-bond donors (Lipinski definition) is 2. The monoisotopic (exact) mass is 171 g/mol. The maximum Gasteiger partial charge on any atom is 0.191 e. The molecular formula is C8H13NO3. The highest BCUT2D eigenvalue weighted by Crippen LogP contribution is 2.23. The van der Waals surface area contributed by atoms with Crippen molar-refractivity contribution >= 4 is 0 Å². The smallest absolute Gasteiger partial charge is 0.191 e. The van der Waals surface area contributed by atoms with Crippen LogP contribution in [0.1, 0.15) is 31.2 Å². The molecule has 0 saturated carbocycles. The molecule has 0 spiro atoms. The van der Waals surface area contributed by atoms with Gasteiger partial charge in [-0.05, 0) is 13.8 Å². The molecule has 0 aliphatic heterocycles. The fourth-order valence-electron chi connectivity index (χ4n) is 1.05. The van der Waals surface area contributed by atoms with E-state index < -0.39 is 5.60 Å². The van der Waals surface area contributed by atoms with Crippen molar-refractivity contribution in [1.82, 2.24) is 4.98 Å². The van der Waals surface area contributed by atoms with Crippen molar-refractivity contribution in [2.45, 2.75) is 33.0 Å². The summed E-state index contributed by atoms with van der Waals surface area (Å²) in [5.74, 6) is 0.788. The summed E-state index contributed by atoms with van der Waals surface area (Å²) in [7, 11) is 0. The van der Waals surface area contributed by atoms with Crippen molar-refractivity contribution in [3.05, 3.63) is 17.3 Å². The second-order valence-corrected chi connectivity index (χ2v) is 3.22. The van der Waals surface area contributed by atoms with Gasteiger partial charge in [0, 0.05) is 6.92 Å². The molecule has 1 aromatic heterocycles. The van der Waals surface area contributed by atoms with Gasteiger partial charge in [0.25, 0.3) is 0 Å². The third kappa shape index (κ3) is 1.65. The summed E-state index contributed by atoms with van der Waals surface area (Å²) in [5.41, 5.74) is -0.655. The summed E-state index contributed by atoms with van der Waals surface area (Å²) < 4.78 is 5.07. The standard InChI is InChI=1S/C8H13NO3/c1-5-9-7(8(2,3)11)6(4-10)12-5/h10-11H,4H2,1-3H3. The van der Waals surface area contributed by atoms with Gasteiger partial charge in [0.1, 0.15) is 17.9 Å². The zero-order valence-electron chi connectivity index (χ0n) is 7.46. The van der Waals surface area contributed by atoms with Crippen LogP contribution in [-0.4, -0.2) is 15.2 Å². The van der Waals surface area contributed by atoms with Crippen LogP contribution < -0.4 is 0 Å². The first kappa shape index (κ1) is 9.22. The molecule has 1 rings (SSSR count). The quantitative estimate of drug-likeness (QED) is 0.687. The van der Waals surface area contributed by atoms with Crippen molar-refractivity contribution in [2.75, 3.05) is 0 Å². The average Bonchev–Trinajstić information content (AvgIpc) is 2.29. The van der Waals surface area contributed by atoms with Crippen LogP contribution in [0.15, 0.2) is 4.42 Å². The van der Waals surface area contributed by atoms with Crippen LogP contribution in [0, 0.1) is 6.92 Å². The number of oxazole rings is 1. The molecule has 0 amide bonds. The zero-order chi connectivity index (χ0) is 9.35. The van der Waals surface area contributed by atoms with Gasteiger partial charge in [-0.15, -0.1) is 0 Å². The third-order valence-corrected chi connectivity index (χ3v) is 1.53. The molecule has 0 radical (unpaired) electrons. The SMILES string of the molecule is Cc1nc(C(C)(C)O)c(CO)o1. The minimum atomic E-state index is -1.06. The van der Waals surface area contributed by atoms with Crippen LogP contribution in [-0.2, 0) is 12.2 Å². The second-order valence-electron chi connectivity index (χ2n) is 3.22. The fourth-order valence-corrected chi connectivity index (χ4v) is 1.05. The van der Waals surface area contributed by atoms with E-state index >= 15 is 0 Å². The summed E-state index contributed by atoms with van der Waals surface area (Å²) in [6.45, 7) is 4.64. The van der Waals surface area contributed by atoms with E-state index in [0.29, 0.717) is 17.3 Å². The van der Waals surface area contributed by atoms with E-state index in [-0.39, 0.29) is 6.61 Å². The molecule has 0 fully saturated rings. The summed E-state index contributed by atoms with van der Waals surface area (Å²) in [6.07, 6.45) is 0. The Kier molecular flexibility index (Phi) is 2.21. The first-order valence-corrected chi connectivity index (χ1v) is 3.75. The summed E-state index contributed by atoms with van der Waals surface area (Å²) >= 11 is 0. The van der Waals surface area contributed by atoms with E-state index in [1.807, 2.05) is 0 Å². The van der Waals surface area contributed by atoms with Crippen LogP contribution in [0.3, 0.4) is 0 Å². The van der Waals surface area contributed by atoms with Crippen molar-refractivity contribution in [2.24, 2.45) is 0 Å². The number of aliphatic hydroxyl groups is 2.